The van der Waals surface area contributed by atoms with E-state index in [1.54, 1.807) is 11.1 Å². The summed E-state index contributed by atoms with van der Waals surface area (Å²) in [5.41, 5.74) is 10.9. The first-order valence-electron chi connectivity index (χ1n) is 33.7. The highest BCUT2D eigenvalue weighted by molar-refractivity contribution is 5.87. The zero-order valence-corrected chi connectivity index (χ0v) is 50.5. The number of hydrogen-bond acceptors (Lipinski definition) is 6. The first-order chi connectivity index (χ1) is 38.2. The fraction of sp³-hybridized carbons (Fsp3) is 0.757. The lowest BCUT2D eigenvalue weighted by Gasteiger charge is -2.57. The van der Waals surface area contributed by atoms with Gasteiger partial charge in [-0.25, -0.2) is 0 Å². The number of allylic oxidation sites excluding steroid dienone is 2. The molecule has 0 aliphatic heterocycles. The highest BCUT2D eigenvalue weighted by Gasteiger charge is 2.60. The Kier molecular flexibility index (Phi) is 14.5. The summed E-state index contributed by atoms with van der Waals surface area (Å²) in [5.74, 6) is 11.3. The van der Waals surface area contributed by atoms with Crippen LogP contribution in [0.3, 0.4) is 0 Å². The lowest BCUT2D eigenvalue weighted by atomic mass is 9.48. The average Bonchev–Trinajstić information content (AvgIpc) is 3.84. The first kappa shape index (κ1) is 55.9. The molecule has 80 heavy (non-hydrogen) atoms. The van der Waals surface area contributed by atoms with Gasteiger partial charge in [-0.3, -0.25) is 9.59 Å². The van der Waals surface area contributed by atoms with Gasteiger partial charge in [0.15, 0.2) is 0 Å². The second kappa shape index (κ2) is 20.8. The van der Waals surface area contributed by atoms with Gasteiger partial charge in [0.05, 0.1) is 12.2 Å². The highest BCUT2D eigenvalue weighted by atomic mass is 16.3. The number of carbonyl (C=O) groups is 2. The predicted molar refractivity (Wildman–Crippen MR) is 320 cm³/mol. The standard InChI is InChI=1S/C19H28O2.C19H30O.C18H22O2.C18H24O/c1-18-9-7-13(20)11-12(18)3-4-14-15-5-6-17(21)19(15,2)10-8-16(14)18;1-18-9-3-4-16(18)15-6-5-13-12-14(20)7-11-19(13,2)17(15)8-10-18;1-18-9-8-14-13-5-3-12(19)10-11(13)2-4-15(14)16(18)6-7-17(18)20;1-18-9-2-3-17(18)16-6-4-12-11-13(19)5-7-14(12)15(16)8-10-18/h3,13-16,20H,4-11H2,1-2H3;5,14-17,20H,3-4,6-12H2,1-2H3;3,5,10,14-16,19H,2,4,6-9H2,1H3;5,7,11,15-17,19H,2-4,6,8-10H2,1H3/t13-,14?,15?,16?,18-,19-;14-,15?,16?,17?,18-,19-;14?,15?,16?,18-;15?,16?,17?,18-/m0000/s1. The van der Waals surface area contributed by atoms with Crippen molar-refractivity contribution < 1.29 is 30.0 Å². The van der Waals surface area contributed by atoms with Gasteiger partial charge in [-0.2, -0.15) is 0 Å². The molecule has 0 radical (unpaired) electrons. The number of ketones is 2. The molecule has 6 heteroatoms. The predicted octanol–water partition coefficient (Wildman–Crippen LogP) is 17.0. The third kappa shape index (κ3) is 9.16. The fourth-order valence-electron chi connectivity index (χ4n) is 23.9. The third-order valence-electron chi connectivity index (χ3n) is 28.6. The number of phenolic OH excluding ortho intramolecular Hbond substituents is 2. The van der Waals surface area contributed by atoms with Crippen molar-refractivity contribution in [2.24, 2.45) is 91.7 Å². The Bertz CT molecular complexity index is 2770. The van der Waals surface area contributed by atoms with Crippen molar-refractivity contribution in [1.29, 1.82) is 0 Å². The monoisotopic (exact) mass is 1090 g/mol. The summed E-state index contributed by atoms with van der Waals surface area (Å²) in [6.07, 6.45) is 41.1. The van der Waals surface area contributed by atoms with Crippen LogP contribution in [0, 0.1) is 91.7 Å². The van der Waals surface area contributed by atoms with E-state index in [1.165, 1.54) is 125 Å². The van der Waals surface area contributed by atoms with E-state index in [0.717, 1.165) is 131 Å². The number of aromatic hydroxyl groups is 2. The van der Waals surface area contributed by atoms with E-state index in [9.17, 15) is 30.0 Å². The van der Waals surface area contributed by atoms with Crippen LogP contribution in [-0.4, -0.2) is 44.2 Å². The van der Waals surface area contributed by atoms with Crippen LogP contribution in [0.5, 0.6) is 11.5 Å². The minimum absolute atomic E-state index is 0.0168. The van der Waals surface area contributed by atoms with Gasteiger partial charge in [-0.1, -0.05) is 89.8 Å². The van der Waals surface area contributed by atoms with E-state index < -0.39 is 0 Å². The van der Waals surface area contributed by atoms with Gasteiger partial charge in [-0.05, 0) is 306 Å². The number of benzene rings is 2. The van der Waals surface area contributed by atoms with E-state index >= 15 is 0 Å². The molecule has 16 rings (SSSR count). The zero-order chi connectivity index (χ0) is 55.7. The van der Waals surface area contributed by atoms with Crippen molar-refractivity contribution in [3.8, 4) is 11.5 Å². The van der Waals surface area contributed by atoms with Gasteiger partial charge in [0, 0.05) is 23.7 Å². The third-order valence-corrected chi connectivity index (χ3v) is 28.6. The Morgan fingerprint density at radius 2 is 0.800 bits per heavy atom. The van der Waals surface area contributed by atoms with Gasteiger partial charge in [0.2, 0.25) is 0 Å². The molecule has 0 heterocycles. The molecule has 0 saturated heterocycles. The number of aliphatic hydroxyl groups excluding tert-OH is 2. The van der Waals surface area contributed by atoms with Gasteiger partial charge in [0.25, 0.3) is 0 Å². The number of Topliss-reactive ketones (excluding diaryl/α,β-unsaturated/α-hetero) is 2. The molecule has 0 bridgehead atoms. The van der Waals surface area contributed by atoms with Crippen molar-refractivity contribution >= 4 is 11.6 Å². The van der Waals surface area contributed by atoms with Crippen molar-refractivity contribution in [2.75, 3.05) is 0 Å². The summed E-state index contributed by atoms with van der Waals surface area (Å²) in [6.45, 7) is 14.6. The minimum Gasteiger partial charge on any atom is -0.508 e. The number of hydrogen-bond donors (Lipinski definition) is 4. The van der Waals surface area contributed by atoms with Crippen molar-refractivity contribution in [3.63, 3.8) is 0 Å². The second-order valence-corrected chi connectivity index (χ2v) is 31.9. The summed E-state index contributed by atoms with van der Waals surface area (Å²) in [7, 11) is 0. The van der Waals surface area contributed by atoms with Crippen LogP contribution < -0.4 is 0 Å². The van der Waals surface area contributed by atoms with E-state index in [0.29, 0.717) is 74.3 Å². The number of fused-ring (bicyclic) bond motifs is 20. The van der Waals surface area contributed by atoms with E-state index in [-0.39, 0.29) is 23.0 Å². The van der Waals surface area contributed by atoms with Gasteiger partial charge in [0.1, 0.15) is 23.1 Å². The van der Waals surface area contributed by atoms with Crippen LogP contribution in [0.4, 0.5) is 0 Å². The maximum atomic E-state index is 12.4. The summed E-state index contributed by atoms with van der Waals surface area (Å²) in [6, 6.07) is 12.0. The molecule has 10 saturated carbocycles. The van der Waals surface area contributed by atoms with Crippen LogP contribution in [0.1, 0.15) is 255 Å². The molecular formula is C74H104O6. The Morgan fingerprint density at radius 1 is 0.400 bits per heavy atom. The molecule has 6 nitrogen and oxygen atoms in total. The Hall–Kier alpha value is -3.22. The topological polar surface area (TPSA) is 115 Å². The maximum Gasteiger partial charge on any atom is 0.139 e. The lowest BCUT2D eigenvalue weighted by Crippen LogP contribution is -2.50. The van der Waals surface area contributed by atoms with Crippen molar-refractivity contribution in [3.05, 3.63) is 82.0 Å². The number of aliphatic hydroxyl groups is 2. The van der Waals surface area contributed by atoms with Gasteiger partial charge in [-0.15, -0.1) is 0 Å². The normalized spacial score (nSPS) is 46.9. The number of aryl methyl sites for hydroxylation is 2. The largest absolute Gasteiger partial charge is 0.508 e. The quantitative estimate of drug-likeness (QED) is 0.195. The second-order valence-electron chi connectivity index (χ2n) is 31.9. The number of phenols is 2. The van der Waals surface area contributed by atoms with E-state index in [4.69, 9.17) is 0 Å². The van der Waals surface area contributed by atoms with Gasteiger partial charge < -0.3 is 20.4 Å². The molecule has 0 amide bonds. The minimum atomic E-state index is -0.122. The summed E-state index contributed by atoms with van der Waals surface area (Å²) < 4.78 is 0. The smallest absolute Gasteiger partial charge is 0.139 e. The molecule has 2 aromatic rings. The molecule has 12 unspecified atom stereocenters. The van der Waals surface area contributed by atoms with E-state index in [1.807, 2.05) is 24.3 Å². The molecule has 20 atom stereocenters. The number of carbonyl (C=O) groups excluding carboxylic acids is 2. The van der Waals surface area contributed by atoms with Crippen LogP contribution in [-0.2, 0) is 22.4 Å². The molecule has 10 fully saturated rings. The molecule has 0 aromatic heterocycles. The summed E-state index contributed by atoms with van der Waals surface area (Å²) in [4.78, 5) is 24.6. The van der Waals surface area contributed by atoms with Crippen molar-refractivity contribution in [2.45, 2.75) is 258 Å². The Labute approximate surface area is 482 Å². The molecule has 4 N–H and O–H groups in total. The first-order valence-corrected chi connectivity index (χ1v) is 33.7. The number of rotatable bonds is 0. The Balaban J connectivity index is 0.000000101. The van der Waals surface area contributed by atoms with Crippen LogP contribution in [0.15, 0.2) is 59.7 Å². The van der Waals surface area contributed by atoms with E-state index in [2.05, 4.69) is 65.8 Å². The van der Waals surface area contributed by atoms with Crippen LogP contribution in [0.25, 0.3) is 0 Å². The molecule has 436 valence electrons. The molecular weight excluding hydrogens is 985 g/mol. The van der Waals surface area contributed by atoms with Gasteiger partial charge >= 0.3 is 0 Å². The van der Waals surface area contributed by atoms with Crippen LogP contribution in [0.2, 0.25) is 0 Å². The zero-order valence-electron chi connectivity index (χ0n) is 50.5. The molecule has 0 spiro atoms. The van der Waals surface area contributed by atoms with Crippen molar-refractivity contribution in [1.82, 2.24) is 0 Å². The summed E-state index contributed by atoms with van der Waals surface area (Å²) >= 11 is 0. The Morgan fingerprint density at radius 3 is 1.32 bits per heavy atom. The average molecular weight is 1090 g/mol. The molecule has 14 aliphatic rings. The summed E-state index contributed by atoms with van der Waals surface area (Å²) in [5, 5.41) is 39.3. The highest BCUT2D eigenvalue weighted by Crippen LogP contribution is 2.67. The SMILES string of the molecule is C[C@@]12CCCC1C1CC=C3C[C@@H](O)CC[C@]3(C)C1CC2.C[C@@]12CCCC1C1CCc3cc(O)ccc3C1CC2.C[C@]12CCC3c4ccc(O)cc4CCC3C1CCC2=O.C[C@]12CC[C@H](O)CC1=CCC1C2CC[C@]2(C)C(=O)CCC12. The maximum absolute atomic E-state index is 12.4. The molecule has 14 aliphatic carbocycles. The molecule has 2 aromatic carbocycles. The van der Waals surface area contributed by atoms with Crippen LogP contribution >= 0.6 is 0 Å². The lowest BCUT2D eigenvalue weighted by molar-refractivity contribution is -0.132. The fourth-order valence-corrected chi connectivity index (χ4v) is 23.9.